The SMILES string of the molecule is COc1ccc(C(=O)Oc2c(Br)cc(/C=N\NC(=O)c3cc(Br)ccc3OC)cc2OC)cc1. The van der Waals surface area contributed by atoms with E-state index in [1.165, 1.54) is 20.4 Å². The molecule has 0 aromatic heterocycles. The first-order chi connectivity index (χ1) is 16.4. The molecule has 0 heterocycles. The zero-order valence-corrected chi connectivity index (χ0v) is 21.6. The highest BCUT2D eigenvalue weighted by atomic mass is 79.9. The molecule has 3 rings (SSSR count). The van der Waals surface area contributed by atoms with Crippen molar-refractivity contribution in [1.82, 2.24) is 5.43 Å². The van der Waals surface area contributed by atoms with Gasteiger partial charge in [-0.25, -0.2) is 10.2 Å². The van der Waals surface area contributed by atoms with Crippen LogP contribution in [0.25, 0.3) is 0 Å². The second-order valence-corrected chi connectivity index (χ2v) is 8.47. The van der Waals surface area contributed by atoms with Gasteiger partial charge in [-0.3, -0.25) is 4.79 Å². The normalized spacial score (nSPS) is 10.6. The summed E-state index contributed by atoms with van der Waals surface area (Å²) in [6.45, 7) is 0. The van der Waals surface area contributed by atoms with Gasteiger partial charge in [0, 0.05) is 4.47 Å². The van der Waals surface area contributed by atoms with Gasteiger partial charge in [-0.2, -0.15) is 5.10 Å². The summed E-state index contributed by atoms with van der Waals surface area (Å²) in [5.41, 5.74) is 3.73. The maximum atomic E-state index is 12.6. The Hall–Kier alpha value is -3.37. The molecule has 0 bridgehead atoms. The maximum absolute atomic E-state index is 12.6. The van der Waals surface area contributed by atoms with E-state index < -0.39 is 11.9 Å². The number of hydrogen-bond donors (Lipinski definition) is 1. The molecular weight excluding hydrogens is 572 g/mol. The molecule has 0 fully saturated rings. The molecule has 10 heteroatoms. The Morgan fingerprint density at radius 2 is 1.59 bits per heavy atom. The van der Waals surface area contributed by atoms with Crippen LogP contribution in [-0.2, 0) is 0 Å². The highest BCUT2D eigenvalue weighted by Crippen LogP contribution is 2.37. The van der Waals surface area contributed by atoms with Gasteiger partial charge in [-0.05, 0) is 76.1 Å². The Morgan fingerprint density at radius 3 is 2.24 bits per heavy atom. The lowest BCUT2D eigenvalue weighted by atomic mass is 10.2. The second kappa shape index (κ2) is 11.7. The lowest BCUT2D eigenvalue weighted by molar-refractivity contribution is 0.0728. The van der Waals surface area contributed by atoms with Crippen LogP contribution in [0.3, 0.4) is 0 Å². The van der Waals surface area contributed by atoms with E-state index in [2.05, 4.69) is 42.4 Å². The van der Waals surface area contributed by atoms with Crippen molar-refractivity contribution in [2.75, 3.05) is 21.3 Å². The van der Waals surface area contributed by atoms with Crippen molar-refractivity contribution in [2.24, 2.45) is 5.10 Å². The Balaban J connectivity index is 1.75. The van der Waals surface area contributed by atoms with Crippen LogP contribution in [0.1, 0.15) is 26.3 Å². The van der Waals surface area contributed by atoms with E-state index in [1.54, 1.807) is 61.7 Å². The molecule has 0 unspecified atom stereocenters. The summed E-state index contributed by atoms with van der Waals surface area (Å²) in [7, 11) is 4.48. The first-order valence-corrected chi connectivity index (χ1v) is 11.4. The van der Waals surface area contributed by atoms with Gasteiger partial charge in [0.05, 0.1) is 43.1 Å². The molecule has 0 atom stereocenters. The molecule has 34 heavy (non-hydrogen) atoms. The van der Waals surface area contributed by atoms with E-state index >= 15 is 0 Å². The van der Waals surface area contributed by atoms with E-state index in [1.807, 2.05) is 0 Å². The minimum Gasteiger partial charge on any atom is -0.497 e. The lowest BCUT2D eigenvalue weighted by Gasteiger charge is -2.12. The van der Waals surface area contributed by atoms with Gasteiger partial charge in [0.25, 0.3) is 5.91 Å². The number of hydrazone groups is 1. The number of rotatable bonds is 8. The Kier molecular flexibility index (Phi) is 8.67. The molecule has 0 aliphatic carbocycles. The van der Waals surface area contributed by atoms with E-state index in [9.17, 15) is 9.59 Å². The van der Waals surface area contributed by atoms with Gasteiger partial charge >= 0.3 is 5.97 Å². The number of ether oxygens (including phenoxy) is 4. The van der Waals surface area contributed by atoms with Crippen LogP contribution in [0.2, 0.25) is 0 Å². The van der Waals surface area contributed by atoms with Crippen LogP contribution in [0.5, 0.6) is 23.0 Å². The van der Waals surface area contributed by atoms with E-state index in [4.69, 9.17) is 18.9 Å². The third-order valence-electron chi connectivity index (χ3n) is 4.56. The first-order valence-electron chi connectivity index (χ1n) is 9.77. The number of benzene rings is 3. The van der Waals surface area contributed by atoms with Gasteiger partial charge in [-0.15, -0.1) is 0 Å². The van der Waals surface area contributed by atoms with Crippen molar-refractivity contribution >= 4 is 50.0 Å². The summed E-state index contributed by atoms with van der Waals surface area (Å²) < 4.78 is 22.4. The van der Waals surface area contributed by atoms with Crippen LogP contribution in [0.4, 0.5) is 0 Å². The van der Waals surface area contributed by atoms with E-state index in [-0.39, 0.29) is 5.75 Å². The molecule has 1 N–H and O–H groups in total. The number of nitrogens with zero attached hydrogens (tertiary/aromatic N) is 1. The summed E-state index contributed by atoms with van der Waals surface area (Å²) in [5, 5.41) is 4.00. The predicted molar refractivity (Wildman–Crippen MR) is 134 cm³/mol. The maximum Gasteiger partial charge on any atom is 0.343 e. The Labute approximate surface area is 213 Å². The summed E-state index contributed by atoms with van der Waals surface area (Å²) in [4.78, 5) is 25.0. The molecule has 0 saturated heterocycles. The molecule has 0 aliphatic heterocycles. The average molecular weight is 592 g/mol. The number of carbonyl (C=O) groups is 2. The molecule has 0 aliphatic rings. The number of carbonyl (C=O) groups excluding carboxylic acids is 2. The first kappa shape index (κ1) is 25.3. The fraction of sp³-hybridized carbons (Fsp3) is 0.125. The number of nitrogens with one attached hydrogen (secondary N) is 1. The molecule has 176 valence electrons. The van der Waals surface area contributed by atoms with Gasteiger partial charge in [-0.1, -0.05) is 15.9 Å². The van der Waals surface area contributed by atoms with Gasteiger partial charge < -0.3 is 18.9 Å². The van der Waals surface area contributed by atoms with Crippen molar-refractivity contribution < 1.29 is 28.5 Å². The third-order valence-corrected chi connectivity index (χ3v) is 5.64. The molecular formula is C24H20Br2N2O6. The van der Waals surface area contributed by atoms with Crippen molar-refractivity contribution in [3.8, 4) is 23.0 Å². The minimum absolute atomic E-state index is 0.211. The molecule has 8 nitrogen and oxygen atoms in total. The minimum atomic E-state index is -0.557. The molecule has 0 spiro atoms. The zero-order chi connectivity index (χ0) is 24.7. The summed E-state index contributed by atoms with van der Waals surface area (Å²) >= 11 is 6.73. The smallest absolute Gasteiger partial charge is 0.343 e. The number of halogens is 2. The number of amides is 1. The Morgan fingerprint density at radius 1 is 0.882 bits per heavy atom. The number of methoxy groups -OCH3 is 3. The topological polar surface area (TPSA) is 95.5 Å². The summed E-state index contributed by atoms with van der Waals surface area (Å²) in [5.74, 6) is 0.567. The summed E-state index contributed by atoms with van der Waals surface area (Å²) in [6.07, 6.45) is 1.44. The van der Waals surface area contributed by atoms with E-state index in [0.717, 1.165) is 4.47 Å². The van der Waals surface area contributed by atoms with Crippen LogP contribution < -0.4 is 24.4 Å². The fourth-order valence-electron chi connectivity index (χ4n) is 2.88. The fourth-order valence-corrected chi connectivity index (χ4v) is 3.78. The Bertz CT molecular complexity index is 1230. The zero-order valence-electron chi connectivity index (χ0n) is 18.4. The predicted octanol–water partition coefficient (Wildman–Crippen LogP) is 5.22. The third kappa shape index (κ3) is 6.15. The second-order valence-electron chi connectivity index (χ2n) is 6.70. The van der Waals surface area contributed by atoms with E-state index in [0.29, 0.717) is 38.4 Å². The highest BCUT2D eigenvalue weighted by Gasteiger charge is 2.17. The van der Waals surface area contributed by atoms with Gasteiger partial charge in [0.15, 0.2) is 11.5 Å². The molecule has 3 aromatic carbocycles. The quantitative estimate of drug-likeness (QED) is 0.167. The van der Waals surface area contributed by atoms with Crippen LogP contribution in [0.15, 0.2) is 68.6 Å². The van der Waals surface area contributed by atoms with Crippen LogP contribution in [-0.4, -0.2) is 39.4 Å². The number of esters is 1. The number of hydrogen-bond acceptors (Lipinski definition) is 7. The largest absolute Gasteiger partial charge is 0.497 e. The summed E-state index contributed by atoms with van der Waals surface area (Å²) in [6, 6.07) is 14.9. The van der Waals surface area contributed by atoms with Crippen molar-refractivity contribution in [2.45, 2.75) is 0 Å². The van der Waals surface area contributed by atoms with Crippen LogP contribution >= 0.6 is 31.9 Å². The van der Waals surface area contributed by atoms with Crippen molar-refractivity contribution in [1.29, 1.82) is 0 Å². The molecule has 3 aromatic rings. The van der Waals surface area contributed by atoms with Crippen molar-refractivity contribution in [3.63, 3.8) is 0 Å². The standard InChI is InChI=1S/C24H20Br2N2O6/c1-31-17-7-4-15(5-8-17)24(30)34-22-19(26)10-14(11-21(22)33-3)13-27-28-23(29)18-12-16(25)6-9-20(18)32-2/h4-13H,1-3H3,(H,28,29)/b27-13-. The monoisotopic (exact) mass is 590 g/mol. The molecule has 1 amide bonds. The van der Waals surface area contributed by atoms with Gasteiger partial charge in [0.1, 0.15) is 11.5 Å². The van der Waals surface area contributed by atoms with Crippen LogP contribution in [0, 0.1) is 0 Å². The molecule has 0 radical (unpaired) electrons. The van der Waals surface area contributed by atoms with Gasteiger partial charge in [0.2, 0.25) is 0 Å². The lowest BCUT2D eigenvalue weighted by Crippen LogP contribution is -2.18. The molecule has 0 saturated carbocycles. The average Bonchev–Trinajstić information content (AvgIpc) is 2.85. The van der Waals surface area contributed by atoms with Crippen molar-refractivity contribution in [3.05, 3.63) is 80.2 Å². The highest BCUT2D eigenvalue weighted by molar-refractivity contribution is 9.10.